The molecule has 8 heteroatoms. The van der Waals surface area contributed by atoms with E-state index in [0.717, 1.165) is 31.5 Å². The molecule has 0 unspecified atom stereocenters. The van der Waals surface area contributed by atoms with Crippen LogP contribution in [-0.4, -0.2) is 43.0 Å². The van der Waals surface area contributed by atoms with E-state index in [1.165, 1.54) is 6.07 Å². The molecule has 0 radical (unpaired) electrons. The maximum atomic E-state index is 13.5. The lowest BCUT2D eigenvalue weighted by atomic mass is 10.1. The van der Waals surface area contributed by atoms with Crippen LogP contribution in [-0.2, 0) is 6.61 Å². The molecule has 1 fully saturated rings. The van der Waals surface area contributed by atoms with Crippen molar-refractivity contribution in [3.05, 3.63) is 48.2 Å². The van der Waals surface area contributed by atoms with Gasteiger partial charge in [-0.1, -0.05) is 5.21 Å². The molecule has 130 valence electrons. The summed E-state index contributed by atoms with van der Waals surface area (Å²) in [6.07, 6.45) is 7.69. The van der Waals surface area contributed by atoms with Crippen LogP contribution in [0.5, 0.6) is 0 Å². The molecule has 4 rings (SSSR count). The number of nitrogens with zero attached hydrogens (tertiary/aromatic N) is 5. The van der Waals surface area contributed by atoms with Gasteiger partial charge in [0.2, 0.25) is 0 Å². The van der Waals surface area contributed by atoms with Crippen LogP contribution in [0.4, 0.5) is 4.39 Å². The molecule has 0 saturated carbocycles. The number of piperidine rings is 1. The molecular weight excluding hydrogens is 323 g/mol. The van der Waals surface area contributed by atoms with Gasteiger partial charge >= 0.3 is 0 Å². The normalized spacial score (nSPS) is 15.6. The molecule has 3 aromatic rings. The summed E-state index contributed by atoms with van der Waals surface area (Å²) in [7, 11) is 0. The van der Waals surface area contributed by atoms with Crippen molar-refractivity contribution in [1.82, 2.24) is 30.1 Å². The van der Waals surface area contributed by atoms with Crippen molar-refractivity contribution in [3.63, 3.8) is 0 Å². The summed E-state index contributed by atoms with van der Waals surface area (Å²) in [4.78, 5) is 0. The van der Waals surface area contributed by atoms with E-state index in [9.17, 15) is 9.50 Å². The predicted molar refractivity (Wildman–Crippen MR) is 89.6 cm³/mol. The lowest BCUT2D eigenvalue weighted by Gasteiger charge is -2.22. The zero-order chi connectivity index (χ0) is 17.2. The standard InChI is InChI=1S/C17H19FN6O/c18-16-2-1-15(7-12(16)11-25)24-10-17(21-22-24)13-8-20-23(9-13)14-3-5-19-6-4-14/h1-2,7-10,14,19,25H,3-6,11H2. The Labute approximate surface area is 144 Å². The van der Waals surface area contributed by atoms with E-state index in [1.807, 2.05) is 10.9 Å². The van der Waals surface area contributed by atoms with Crippen molar-refractivity contribution in [2.75, 3.05) is 13.1 Å². The van der Waals surface area contributed by atoms with Crippen molar-refractivity contribution in [2.45, 2.75) is 25.5 Å². The second-order valence-corrected chi connectivity index (χ2v) is 6.17. The Morgan fingerprint density at radius 1 is 1.24 bits per heavy atom. The summed E-state index contributed by atoms with van der Waals surface area (Å²) in [6.45, 7) is 1.66. The Kier molecular flexibility index (Phi) is 4.29. The van der Waals surface area contributed by atoms with E-state index < -0.39 is 5.82 Å². The number of hydrogen-bond acceptors (Lipinski definition) is 5. The minimum Gasteiger partial charge on any atom is -0.392 e. The molecule has 2 aromatic heterocycles. The van der Waals surface area contributed by atoms with Crippen molar-refractivity contribution in [2.24, 2.45) is 0 Å². The second-order valence-electron chi connectivity index (χ2n) is 6.17. The lowest BCUT2D eigenvalue weighted by molar-refractivity contribution is 0.275. The average molecular weight is 342 g/mol. The van der Waals surface area contributed by atoms with Crippen molar-refractivity contribution in [3.8, 4) is 16.9 Å². The first-order valence-electron chi connectivity index (χ1n) is 8.32. The fourth-order valence-corrected chi connectivity index (χ4v) is 3.09. The largest absolute Gasteiger partial charge is 0.392 e. The van der Waals surface area contributed by atoms with Crippen molar-refractivity contribution < 1.29 is 9.50 Å². The number of aliphatic hydroxyl groups excluding tert-OH is 1. The molecule has 25 heavy (non-hydrogen) atoms. The molecule has 7 nitrogen and oxygen atoms in total. The van der Waals surface area contributed by atoms with Crippen LogP contribution in [0.25, 0.3) is 16.9 Å². The summed E-state index contributed by atoms with van der Waals surface area (Å²) in [5.74, 6) is -0.435. The number of aromatic nitrogens is 5. The number of halogens is 1. The number of benzene rings is 1. The zero-order valence-electron chi connectivity index (χ0n) is 13.6. The Morgan fingerprint density at radius 2 is 2.08 bits per heavy atom. The first kappa shape index (κ1) is 15.9. The quantitative estimate of drug-likeness (QED) is 0.754. The third-order valence-corrected chi connectivity index (χ3v) is 4.54. The maximum absolute atomic E-state index is 13.5. The molecule has 0 atom stereocenters. The Morgan fingerprint density at radius 3 is 2.88 bits per heavy atom. The molecule has 2 N–H and O–H groups in total. The number of aliphatic hydroxyl groups is 1. The summed E-state index contributed by atoms with van der Waals surface area (Å²) in [5, 5.41) is 25.3. The Bertz CT molecular complexity index is 868. The Hall–Kier alpha value is -2.58. The highest BCUT2D eigenvalue weighted by Crippen LogP contribution is 2.23. The van der Waals surface area contributed by atoms with Gasteiger partial charge in [-0.05, 0) is 44.1 Å². The predicted octanol–water partition coefficient (Wildman–Crippen LogP) is 1.69. The van der Waals surface area contributed by atoms with Crippen LogP contribution in [0.15, 0.2) is 36.8 Å². The van der Waals surface area contributed by atoms with Crippen LogP contribution in [0.3, 0.4) is 0 Å². The fourth-order valence-electron chi connectivity index (χ4n) is 3.09. The van der Waals surface area contributed by atoms with Crippen LogP contribution in [0.2, 0.25) is 0 Å². The molecule has 1 aliphatic rings. The van der Waals surface area contributed by atoms with Gasteiger partial charge in [-0.3, -0.25) is 4.68 Å². The van der Waals surface area contributed by atoms with Crippen molar-refractivity contribution >= 4 is 0 Å². The van der Waals surface area contributed by atoms with Gasteiger partial charge in [0.1, 0.15) is 11.5 Å². The van der Waals surface area contributed by atoms with Crippen LogP contribution < -0.4 is 5.32 Å². The molecule has 1 aromatic carbocycles. The van der Waals surface area contributed by atoms with E-state index in [2.05, 4.69) is 20.7 Å². The average Bonchev–Trinajstić information content (AvgIpc) is 3.32. The molecule has 1 aliphatic heterocycles. The molecule has 0 bridgehead atoms. The van der Waals surface area contributed by atoms with Gasteiger partial charge in [0, 0.05) is 17.3 Å². The monoisotopic (exact) mass is 342 g/mol. The highest BCUT2D eigenvalue weighted by molar-refractivity contribution is 5.56. The van der Waals surface area contributed by atoms with Gasteiger partial charge in [-0.15, -0.1) is 5.10 Å². The lowest BCUT2D eigenvalue weighted by Crippen LogP contribution is -2.29. The van der Waals surface area contributed by atoms with Gasteiger partial charge in [0.25, 0.3) is 0 Å². The number of rotatable bonds is 4. The first-order valence-corrected chi connectivity index (χ1v) is 8.32. The van der Waals surface area contributed by atoms with Gasteiger partial charge in [-0.25, -0.2) is 9.07 Å². The van der Waals surface area contributed by atoms with E-state index in [-0.39, 0.29) is 12.2 Å². The number of hydrogen-bond donors (Lipinski definition) is 2. The molecule has 3 heterocycles. The highest BCUT2D eigenvalue weighted by atomic mass is 19.1. The topological polar surface area (TPSA) is 80.8 Å². The second kappa shape index (κ2) is 6.73. The van der Waals surface area contributed by atoms with Gasteiger partial charge < -0.3 is 10.4 Å². The summed E-state index contributed by atoms with van der Waals surface area (Å²) >= 11 is 0. The van der Waals surface area contributed by atoms with Crippen molar-refractivity contribution in [1.29, 1.82) is 0 Å². The molecule has 0 aliphatic carbocycles. The summed E-state index contributed by atoms with van der Waals surface area (Å²) in [6, 6.07) is 4.89. The van der Waals surface area contributed by atoms with Crippen LogP contribution in [0, 0.1) is 5.82 Å². The SMILES string of the molecule is OCc1cc(-n2cc(-c3cnn(C4CCNCC4)c3)nn2)ccc1F. The summed E-state index contributed by atoms with van der Waals surface area (Å²) in [5.41, 5.74) is 2.48. The van der Waals surface area contributed by atoms with E-state index in [1.54, 1.807) is 29.2 Å². The smallest absolute Gasteiger partial charge is 0.128 e. The van der Waals surface area contributed by atoms with Gasteiger partial charge in [0.05, 0.1) is 30.7 Å². The first-order chi connectivity index (χ1) is 12.2. The van der Waals surface area contributed by atoms with E-state index >= 15 is 0 Å². The van der Waals surface area contributed by atoms with Gasteiger partial charge in [-0.2, -0.15) is 5.10 Å². The minimum atomic E-state index is -0.435. The number of nitrogens with one attached hydrogen (secondary N) is 1. The molecule has 0 amide bonds. The van der Waals surface area contributed by atoms with Crippen LogP contribution >= 0.6 is 0 Å². The highest BCUT2D eigenvalue weighted by Gasteiger charge is 2.17. The Balaban J connectivity index is 1.58. The molecular formula is C17H19FN6O. The zero-order valence-corrected chi connectivity index (χ0v) is 13.6. The fraction of sp³-hybridized carbons (Fsp3) is 0.353. The van der Waals surface area contributed by atoms with Crippen LogP contribution in [0.1, 0.15) is 24.4 Å². The third kappa shape index (κ3) is 3.18. The van der Waals surface area contributed by atoms with Gasteiger partial charge in [0.15, 0.2) is 0 Å². The molecule has 0 spiro atoms. The molecule has 1 saturated heterocycles. The maximum Gasteiger partial charge on any atom is 0.128 e. The summed E-state index contributed by atoms with van der Waals surface area (Å²) < 4.78 is 17.1. The third-order valence-electron chi connectivity index (χ3n) is 4.54. The van der Waals surface area contributed by atoms with E-state index in [0.29, 0.717) is 17.4 Å². The minimum absolute atomic E-state index is 0.230. The van der Waals surface area contributed by atoms with E-state index in [4.69, 9.17) is 0 Å².